The van der Waals surface area contributed by atoms with Gasteiger partial charge in [0.2, 0.25) is 0 Å². The number of rotatable bonds is 7. The van der Waals surface area contributed by atoms with Crippen molar-refractivity contribution in [3.05, 3.63) is 34.4 Å². The van der Waals surface area contributed by atoms with Crippen molar-refractivity contribution in [3.8, 4) is 5.75 Å². The monoisotopic (exact) mass is 300 g/mol. The molecule has 20 heavy (non-hydrogen) atoms. The molecular formula is C13H21N2O4P. The van der Waals surface area contributed by atoms with Crippen LogP contribution in [0.5, 0.6) is 5.75 Å². The zero-order chi connectivity index (χ0) is 15.3. The number of benzene rings is 1. The quantitative estimate of drug-likeness (QED) is 0.433. The molecule has 0 bridgehead atoms. The Labute approximate surface area is 120 Å². The van der Waals surface area contributed by atoms with E-state index in [2.05, 4.69) is 32.4 Å². The SMILES string of the molecule is COP(Oc1ccc([N+](=O)[O-])cc1)N(C(C)C)C(C)C. The van der Waals surface area contributed by atoms with Crippen molar-refractivity contribution in [3.63, 3.8) is 0 Å². The van der Waals surface area contributed by atoms with Gasteiger partial charge in [0.05, 0.1) is 4.92 Å². The van der Waals surface area contributed by atoms with Crippen LogP contribution in [0.2, 0.25) is 0 Å². The number of nitrogens with zero attached hydrogens (tertiary/aromatic N) is 2. The molecule has 112 valence electrons. The molecule has 7 heteroatoms. The highest BCUT2D eigenvalue weighted by Gasteiger charge is 2.27. The van der Waals surface area contributed by atoms with Gasteiger partial charge in [-0.05, 0) is 39.8 Å². The zero-order valence-corrected chi connectivity index (χ0v) is 13.3. The molecule has 0 saturated heterocycles. The first-order valence-electron chi connectivity index (χ1n) is 6.41. The Morgan fingerprint density at radius 3 is 2.00 bits per heavy atom. The van der Waals surface area contributed by atoms with Crippen molar-refractivity contribution in [2.45, 2.75) is 39.8 Å². The normalized spacial score (nSPS) is 13.0. The lowest BCUT2D eigenvalue weighted by Crippen LogP contribution is -2.34. The van der Waals surface area contributed by atoms with Gasteiger partial charge in [0.1, 0.15) is 5.75 Å². The second-order valence-electron chi connectivity index (χ2n) is 4.83. The predicted octanol–water partition coefficient (Wildman–Crippen LogP) is 3.97. The first-order chi connectivity index (χ1) is 9.36. The van der Waals surface area contributed by atoms with E-state index >= 15 is 0 Å². The average molecular weight is 300 g/mol. The predicted molar refractivity (Wildman–Crippen MR) is 79.8 cm³/mol. The summed E-state index contributed by atoms with van der Waals surface area (Å²) in [4.78, 5) is 10.2. The smallest absolute Gasteiger partial charge is 0.321 e. The first-order valence-corrected chi connectivity index (χ1v) is 7.54. The molecule has 0 heterocycles. The van der Waals surface area contributed by atoms with Crippen molar-refractivity contribution < 1.29 is 14.0 Å². The summed E-state index contributed by atoms with van der Waals surface area (Å²) in [5, 5.41) is 10.6. The Hall–Kier alpha value is -1.23. The van der Waals surface area contributed by atoms with Crippen molar-refractivity contribution in [2.24, 2.45) is 0 Å². The molecule has 0 aliphatic rings. The molecule has 0 aliphatic heterocycles. The Morgan fingerprint density at radius 1 is 1.15 bits per heavy atom. The molecule has 0 fully saturated rings. The van der Waals surface area contributed by atoms with Crippen LogP contribution in [0, 0.1) is 10.1 Å². The molecule has 0 amide bonds. The Bertz CT molecular complexity index is 429. The number of hydrogen-bond donors (Lipinski definition) is 0. The van der Waals surface area contributed by atoms with Crippen molar-refractivity contribution in [1.82, 2.24) is 4.67 Å². The lowest BCUT2D eigenvalue weighted by molar-refractivity contribution is -0.384. The third-order valence-electron chi connectivity index (χ3n) is 2.63. The molecule has 1 atom stereocenters. The fourth-order valence-corrected chi connectivity index (χ4v) is 3.28. The third kappa shape index (κ3) is 4.40. The summed E-state index contributed by atoms with van der Waals surface area (Å²) >= 11 is 0. The summed E-state index contributed by atoms with van der Waals surface area (Å²) in [6.07, 6.45) is 0. The molecule has 1 aromatic carbocycles. The number of hydrogen-bond acceptors (Lipinski definition) is 5. The van der Waals surface area contributed by atoms with Crippen LogP contribution in [-0.2, 0) is 4.52 Å². The fourth-order valence-electron chi connectivity index (χ4n) is 1.87. The van der Waals surface area contributed by atoms with E-state index in [-0.39, 0.29) is 17.8 Å². The maximum atomic E-state index is 10.6. The van der Waals surface area contributed by atoms with Gasteiger partial charge in [0.25, 0.3) is 5.69 Å². The number of nitro groups is 1. The maximum Gasteiger partial charge on any atom is 0.321 e. The van der Waals surface area contributed by atoms with Gasteiger partial charge in [-0.25, -0.2) is 4.67 Å². The number of nitro benzene ring substituents is 1. The lowest BCUT2D eigenvalue weighted by Gasteiger charge is -2.34. The van der Waals surface area contributed by atoms with Crippen LogP contribution >= 0.6 is 8.53 Å². The van der Waals surface area contributed by atoms with Gasteiger partial charge in [-0.2, -0.15) is 0 Å². The second-order valence-corrected chi connectivity index (χ2v) is 6.32. The molecule has 0 saturated carbocycles. The molecule has 1 unspecified atom stereocenters. The largest absolute Gasteiger partial charge is 0.436 e. The lowest BCUT2D eigenvalue weighted by atomic mass is 10.3. The average Bonchev–Trinajstić information content (AvgIpc) is 2.37. The summed E-state index contributed by atoms with van der Waals surface area (Å²) in [7, 11) is 0.367. The number of non-ortho nitro benzene ring substituents is 1. The van der Waals surface area contributed by atoms with Crippen molar-refractivity contribution >= 4 is 14.2 Å². The minimum Gasteiger partial charge on any atom is -0.436 e. The van der Waals surface area contributed by atoms with E-state index < -0.39 is 13.4 Å². The van der Waals surface area contributed by atoms with Gasteiger partial charge in [-0.3, -0.25) is 10.1 Å². The minimum absolute atomic E-state index is 0.0451. The maximum absolute atomic E-state index is 10.6. The Morgan fingerprint density at radius 2 is 1.65 bits per heavy atom. The van der Waals surface area contributed by atoms with Gasteiger partial charge in [0.15, 0.2) is 0 Å². The van der Waals surface area contributed by atoms with E-state index in [9.17, 15) is 10.1 Å². The van der Waals surface area contributed by atoms with Gasteiger partial charge < -0.3 is 9.05 Å². The highest BCUT2D eigenvalue weighted by molar-refractivity contribution is 7.45. The summed E-state index contributed by atoms with van der Waals surface area (Å²) < 4.78 is 13.4. The van der Waals surface area contributed by atoms with E-state index in [1.165, 1.54) is 12.1 Å². The van der Waals surface area contributed by atoms with Crippen LogP contribution < -0.4 is 4.52 Å². The standard InChI is InChI=1S/C13H21N2O4P/c1-10(2)14(11(3)4)20(18-5)19-13-8-6-12(7-9-13)15(16)17/h6-11H,1-5H3. The molecule has 6 nitrogen and oxygen atoms in total. The van der Waals surface area contributed by atoms with E-state index in [1.54, 1.807) is 19.2 Å². The van der Waals surface area contributed by atoms with Crippen LogP contribution in [0.1, 0.15) is 27.7 Å². The summed E-state index contributed by atoms with van der Waals surface area (Å²) in [5.41, 5.74) is 0.0451. The highest BCUT2D eigenvalue weighted by atomic mass is 31.2. The van der Waals surface area contributed by atoms with E-state index in [1.807, 2.05) is 0 Å². The minimum atomic E-state index is -1.24. The molecule has 0 aromatic heterocycles. The molecule has 0 N–H and O–H groups in total. The van der Waals surface area contributed by atoms with E-state index in [4.69, 9.17) is 9.05 Å². The zero-order valence-electron chi connectivity index (χ0n) is 12.4. The van der Waals surface area contributed by atoms with Gasteiger partial charge >= 0.3 is 8.53 Å². The van der Waals surface area contributed by atoms with Gasteiger partial charge in [0, 0.05) is 31.3 Å². The van der Waals surface area contributed by atoms with Crippen LogP contribution in [0.3, 0.4) is 0 Å². The molecular weight excluding hydrogens is 279 g/mol. The molecule has 0 aliphatic carbocycles. The van der Waals surface area contributed by atoms with Crippen LogP contribution in [0.25, 0.3) is 0 Å². The summed E-state index contributed by atoms with van der Waals surface area (Å²) in [5.74, 6) is 0.565. The van der Waals surface area contributed by atoms with E-state index in [0.717, 1.165) is 0 Å². The summed E-state index contributed by atoms with van der Waals surface area (Å²) in [6.45, 7) is 8.31. The van der Waals surface area contributed by atoms with E-state index in [0.29, 0.717) is 5.75 Å². The van der Waals surface area contributed by atoms with Crippen molar-refractivity contribution in [2.75, 3.05) is 7.11 Å². The first kappa shape index (κ1) is 16.8. The molecule has 1 rings (SSSR count). The Balaban J connectivity index is 2.84. The topological polar surface area (TPSA) is 64.8 Å². The molecule has 1 aromatic rings. The molecule has 0 radical (unpaired) electrons. The molecule has 0 spiro atoms. The van der Waals surface area contributed by atoms with Gasteiger partial charge in [-0.1, -0.05) is 0 Å². The van der Waals surface area contributed by atoms with Crippen LogP contribution in [-0.4, -0.2) is 28.8 Å². The summed E-state index contributed by atoms with van der Waals surface area (Å²) in [6, 6.07) is 6.58. The van der Waals surface area contributed by atoms with Crippen LogP contribution in [0.15, 0.2) is 24.3 Å². The van der Waals surface area contributed by atoms with Gasteiger partial charge in [-0.15, -0.1) is 0 Å². The third-order valence-corrected chi connectivity index (χ3v) is 4.61. The fraction of sp³-hybridized carbons (Fsp3) is 0.538. The highest BCUT2D eigenvalue weighted by Crippen LogP contribution is 2.45. The van der Waals surface area contributed by atoms with Crippen molar-refractivity contribution in [1.29, 1.82) is 0 Å². The van der Waals surface area contributed by atoms with Crippen LogP contribution in [0.4, 0.5) is 5.69 Å². The Kier molecular flexibility index (Phi) is 6.33. The second kappa shape index (κ2) is 7.53.